The van der Waals surface area contributed by atoms with Gasteiger partial charge in [-0.15, -0.1) is 0 Å². The molecule has 0 aliphatic heterocycles. The molecule has 0 radical (unpaired) electrons. The van der Waals surface area contributed by atoms with Crippen LogP contribution in [0.15, 0.2) is 24.3 Å². The summed E-state index contributed by atoms with van der Waals surface area (Å²) in [6, 6.07) is 6.15. The maximum atomic E-state index is 10.9. The van der Waals surface area contributed by atoms with Gasteiger partial charge in [-0.3, -0.25) is 4.79 Å². The summed E-state index contributed by atoms with van der Waals surface area (Å²) in [4.78, 5) is 25.6. The fourth-order valence-electron chi connectivity index (χ4n) is 1.81. The van der Waals surface area contributed by atoms with Crippen molar-refractivity contribution < 1.29 is 24.5 Å². The Morgan fingerprint density at radius 1 is 1.26 bits per heavy atom. The summed E-state index contributed by atoms with van der Waals surface area (Å²) < 4.78 is 5.13. The van der Waals surface area contributed by atoms with E-state index in [-0.39, 0.29) is 12.1 Å². The molecule has 0 amide bonds. The van der Waals surface area contributed by atoms with E-state index in [4.69, 9.17) is 14.9 Å². The Bertz CT molecular complexity index is 665. The summed E-state index contributed by atoms with van der Waals surface area (Å²) in [7, 11) is 1.42. The van der Waals surface area contributed by atoms with Crippen LogP contribution in [0.4, 0.5) is 0 Å². The van der Waals surface area contributed by atoms with Gasteiger partial charge in [-0.25, -0.2) is 9.78 Å². The van der Waals surface area contributed by atoms with Gasteiger partial charge in [0.1, 0.15) is 5.75 Å². The van der Waals surface area contributed by atoms with Crippen LogP contribution in [0.25, 0.3) is 10.9 Å². The molecule has 0 saturated heterocycles. The highest BCUT2D eigenvalue weighted by atomic mass is 16.5. The Morgan fingerprint density at radius 2 is 2.00 bits per heavy atom. The van der Waals surface area contributed by atoms with Gasteiger partial charge in [-0.2, -0.15) is 0 Å². The van der Waals surface area contributed by atoms with E-state index in [2.05, 4.69) is 4.98 Å². The first-order valence-electron chi connectivity index (χ1n) is 5.44. The Morgan fingerprint density at radius 3 is 2.58 bits per heavy atom. The number of aromatic nitrogens is 1. The second-order valence-electron chi connectivity index (χ2n) is 3.94. The predicted molar refractivity (Wildman–Crippen MR) is 66.6 cm³/mol. The van der Waals surface area contributed by atoms with Gasteiger partial charge in [0, 0.05) is 11.5 Å². The highest BCUT2D eigenvalue weighted by Crippen LogP contribution is 2.26. The van der Waals surface area contributed by atoms with E-state index in [0.717, 1.165) is 0 Å². The molecule has 0 saturated carbocycles. The van der Waals surface area contributed by atoms with Crippen molar-refractivity contribution in [2.75, 3.05) is 7.11 Å². The first-order valence-corrected chi connectivity index (χ1v) is 5.44. The molecule has 0 aliphatic rings. The molecular formula is C13H11NO5. The number of methoxy groups -OCH3 is 1. The van der Waals surface area contributed by atoms with Gasteiger partial charge in [-0.05, 0) is 17.7 Å². The highest BCUT2D eigenvalue weighted by molar-refractivity contribution is 5.93. The van der Waals surface area contributed by atoms with Crippen molar-refractivity contribution in [3.8, 4) is 5.75 Å². The lowest BCUT2D eigenvalue weighted by atomic mass is 10.1. The number of ether oxygens (including phenoxy) is 1. The molecule has 0 bridgehead atoms. The number of carboxylic acid groups (broad SMARTS) is 2. The molecule has 0 atom stereocenters. The number of aromatic carboxylic acids is 1. The minimum absolute atomic E-state index is 0.111. The number of hydrogen-bond donors (Lipinski definition) is 2. The SMILES string of the molecule is COc1cc(C(=O)O)nc2ccc(CC(=O)O)cc12. The minimum atomic E-state index is -1.14. The number of fused-ring (bicyclic) bond motifs is 1. The van der Waals surface area contributed by atoms with Crippen molar-refractivity contribution in [3.63, 3.8) is 0 Å². The highest BCUT2D eigenvalue weighted by Gasteiger charge is 2.12. The molecule has 6 nitrogen and oxygen atoms in total. The topological polar surface area (TPSA) is 96.7 Å². The van der Waals surface area contributed by atoms with Crippen LogP contribution in [0.3, 0.4) is 0 Å². The van der Waals surface area contributed by atoms with Crippen molar-refractivity contribution >= 4 is 22.8 Å². The number of carbonyl (C=O) groups is 2. The van der Waals surface area contributed by atoms with Crippen molar-refractivity contribution in [1.29, 1.82) is 0 Å². The lowest BCUT2D eigenvalue weighted by Crippen LogP contribution is -2.03. The van der Waals surface area contributed by atoms with Gasteiger partial charge >= 0.3 is 11.9 Å². The third kappa shape index (κ3) is 2.62. The summed E-state index contributed by atoms with van der Waals surface area (Å²) in [5.74, 6) is -1.72. The zero-order chi connectivity index (χ0) is 14.0. The van der Waals surface area contributed by atoms with Crippen molar-refractivity contribution in [2.24, 2.45) is 0 Å². The van der Waals surface area contributed by atoms with E-state index in [1.165, 1.54) is 13.2 Å². The molecule has 98 valence electrons. The third-order valence-corrected chi connectivity index (χ3v) is 2.63. The minimum Gasteiger partial charge on any atom is -0.496 e. The molecule has 0 fully saturated rings. The number of aliphatic carboxylic acids is 1. The van der Waals surface area contributed by atoms with E-state index >= 15 is 0 Å². The normalized spacial score (nSPS) is 10.4. The largest absolute Gasteiger partial charge is 0.496 e. The van der Waals surface area contributed by atoms with E-state index < -0.39 is 11.9 Å². The molecule has 6 heteroatoms. The average molecular weight is 261 g/mol. The van der Waals surface area contributed by atoms with E-state index in [1.54, 1.807) is 18.2 Å². The molecule has 1 aromatic carbocycles. The Kier molecular flexibility index (Phi) is 3.33. The number of carboxylic acids is 2. The van der Waals surface area contributed by atoms with Gasteiger partial charge in [0.15, 0.2) is 5.69 Å². The number of nitrogens with zero attached hydrogens (tertiary/aromatic N) is 1. The lowest BCUT2D eigenvalue weighted by molar-refractivity contribution is -0.136. The van der Waals surface area contributed by atoms with Crippen molar-refractivity contribution in [1.82, 2.24) is 4.98 Å². The van der Waals surface area contributed by atoms with Crippen molar-refractivity contribution in [2.45, 2.75) is 6.42 Å². The smallest absolute Gasteiger partial charge is 0.354 e. The fourth-order valence-corrected chi connectivity index (χ4v) is 1.81. The van der Waals surface area contributed by atoms with Gasteiger partial charge in [-0.1, -0.05) is 6.07 Å². The van der Waals surface area contributed by atoms with Gasteiger partial charge in [0.25, 0.3) is 0 Å². The second kappa shape index (κ2) is 4.93. The molecule has 2 N–H and O–H groups in total. The molecule has 2 aromatic rings. The quantitative estimate of drug-likeness (QED) is 0.867. The summed E-state index contributed by atoms with van der Waals surface area (Å²) >= 11 is 0. The Labute approximate surface area is 108 Å². The monoisotopic (exact) mass is 261 g/mol. The van der Waals surface area contributed by atoms with E-state index in [9.17, 15) is 9.59 Å². The molecular weight excluding hydrogens is 250 g/mol. The average Bonchev–Trinajstić information content (AvgIpc) is 2.36. The third-order valence-electron chi connectivity index (χ3n) is 2.63. The molecule has 0 aliphatic carbocycles. The van der Waals surface area contributed by atoms with Gasteiger partial charge < -0.3 is 14.9 Å². The van der Waals surface area contributed by atoms with Crippen LogP contribution in [0.1, 0.15) is 16.1 Å². The summed E-state index contributed by atoms with van der Waals surface area (Å²) in [6.07, 6.45) is -0.111. The summed E-state index contributed by atoms with van der Waals surface area (Å²) in [6.45, 7) is 0. The van der Waals surface area contributed by atoms with Gasteiger partial charge in [0.2, 0.25) is 0 Å². The second-order valence-corrected chi connectivity index (χ2v) is 3.94. The fraction of sp³-hybridized carbons (Fsp3) is 0.154. The first-order chi connectivity index (χ1) is 9.01. The van der Waals surface area contributed by atoms with Crippen LogP contribution in [-0.4, -0.2) is 34.2 Å². The summed E-state index contributed by atoms with van der Waals surface area (Å²) in [5.41, 5.74) is 0.935. The van der Waals surface area contributed by atoms with Crippen LogP contribution in [0.5, 0.6) is 5.75 Å². The zero-order valence-corrected chi connectivity index (χ0v) is 10.1. The molecule has 2 rings (SSSR count). The van der Waals surface area contributed by atoms with Crippen LogP contribution in [0, 0.1) is 0 Å². The van der Waals surface area contributed by atoms with E-state index in [0.29, 0.717) is 22.2 Å². The van der Waals surface area contributed by atoms with E-state index in [1.807, 2.05) is 0 Å². The number of benzene rings is 1. The first kappa shape index (κ1) is 12.8. The molecule has 0 unspecified atom stereocenters. The standard InChI is InChI=1S/C13H11NO5/c1-19-11-6-10(13(17)18)14-9-3-2-7(4-8(9)11)5-12(15)16/h2-4,6H,5H2,1H3,(H,15,16)(H,17,18). The maximum Gasteiger partial charge on any atom is 0.354 e. The van der Waals surface area contributed by atoms with Crippen LogP contribution < -0.4 is 4.74 Å². The number of rotatable bonds is 4. The molecule has 19 heavy (non-hydrogen) atoms. The van der Waals surface area contributed by atoms with Crippen LogP contribution in [0.2, 0.25) is 0 Å². The van der Waals surface area contributed by atoms with Crippen molar-refractivity contribution in [3.05, 3.63) is 35.5 Å². The lowest BCUT2D eigenvalue weighted by Gasteiger charge is -2.08. The number of hydrogen-bond acceptors (Lipinski definition) is 4. The zero-order valence-electron chi connectivity index (χ0n) is 10.1. The Balaban J connectivity index is 2.61. The predicted octanol–water partition coefficient (Wildman–Crippen LogP) is 1.57. The maximum absolute atomic E-state index is 10.9. The Hall–Kier alpha value is -2.63. The summed E-state index contributed by atoms with van der Waals surface area (Å²) in [5, 5.41) is 18.3. The molecule has 1 aromatic heterocycles. The van der Waals surface area contributed by atoms with Crippen LogP contribution in [-0.2, 0) is 11.2 Å². The number of pyridine rings is 1. The van der Waals surface area contributed by atoms with Crippen LogP contribution >= 0.6 is 0 Å². The molecule has 1 heterocycles. The van der Waals surface area contributed by atoms with Gasteiger partial charge in [0.05, 0.1) is 19.0 Å². The molecule has 0 spiro atoms.